The van der Waals surface area contributed by atoms with E-state index < -0.39 is 35.6 Å². The van der Waals surface area contributed by atoms with Gasteiger partial charge in [0.1, 0.15) is 17.4 Å². The summed E-state index contributed by atoms with van der Waals surface area (Å²) in [4.78, 5) is 40.9. The minimum absolute atomic E-state index is 0.112. The first kappa shape index (κ1) is 21.6. The van der Waals surface area contributed by atoms with Crippen molar-refractivity contribution in [1.29, 1.82) is 0 Å². The highest BCUT2D eigenvalue weighted by molar-refractivity contribution is 6.03. The summed E-state index contributed by atoms with van der Waals surface area (Å²) in [6.07, 6.45) is 1.01. The van der Waals surface area contributed by atoms with Gasteiger partial charge in [0.2, 0.25) is 11.8 Å². The topological polar surface area (TPSA) is 114 Å². The maximum Gasteiger partial charge on any atom is 0.312 e. The summed E-state index contributed by atoms with van der Waals surface area (Å²) in [6.45, 7) is 2.03. The number of rotatable bonds is 8. The number of amides is 2. The molecule has 1 aromatic carbocycles. The molecule has 0 saturated carbocycles. The zero-order chi connectivity index (χ0) is 22.2. The van der Waals surface area contributed by atoms with E-state index in [-0.39, 0.29) is 31.6 Å². The highest BCUT2D eigenvalue weighted by atomic mass is 16.6. The van der Waals surface area contributed by atoms with E-state index in [0.29, 0.717) is 30.7 Å². The maximum atomic E-state index is 13.4. The molecule has 0 unspecified atom stereocenters. The second kappa shape index (κ2) is 8.47. The Labute approximate surface area is 180 Å². The molecule has 3 fully saturated rings. The summed E-state index contributed by atoms with van der Waals surface area (Å²) in [7, 11) is 1.56. The lowest BCUT2D eigenvalue weighted by molar-refractivity contribution is -0.154. The van der Waals surface area contributed by atoms with E-state index in [9.17, 15) is 19.5 Å². The number of ether oxygens (including phenoxy) is 3. The number of carbonyl (C=O) groups is 3. The average Bonchev–Trinajstić information content (AvgIpc) is 3.40. The summed E-state index contributed by atoms with van der Waals surface area (Å²) >= 11 is 0. The van der Waals surface area contributed by atoms with Crippen molar-refractivity contribution in [3.63, 3.8) is 0 Å². The summed E-state index contributed by atoms with van der Waals surface area (Å²) in [5, 5.41) is 12.2. The van der Waals surface area contributed by atoms with Crippen molar-refractivity contribution in [3.05, 3.63) is 24.3 Å². The summed E-state index contributed by atoms with van der Waals surface area (Å²) in [5.41, 5.74) is -0.500. The van der Waals surface area contributed by atoms with Crippen LogP contribution < -0.4 is 10.1 Å². The van der Waals surface area contributed by atoms with Crippen molar-refractivity contribution in [3.8, 4) is 5.75 Å². The van der Waals surface area contributed by atoms with Gasteiger partial charge in [0.15, 0.2) is 0 Å². The van der Waals surface area contributed by atoms with Gasteiger partial charge < -0.3 is 29.5 Å². The van der Waals surface area contributed by atoms with Crippen molar-refractivity contribution in [2.45, 2.75) is 43.9 Å². The molecule has 2 N–H and O–H groups in total. The fraction of sp³-hybridized carbons (Fsp3) is 0.591. The summed E-state index contributed by atoms with van der Waals surface area (Å²) in [6, 6.07) is 6.01. The lowest BCUT2D eigenvalue weighted by atomic mass is 9.71. The van der Waals surface area contributed by atoms with Gasteiger partial charge in [0.05, 0.1) is 31.7 Å². The maximum absolute atomic E-state index is 13.4. The lowest BCUT2D eigenvalue weighted by Gasteiger charge is -2.33. The average molecular weight is 432 g/mol. The number of aliphatic hydroxyl groups excluding tert-OH is 1. The standard InChI is InChI=1S/C22H28N2O7/c1-3-30-21(28)16-15-9-10-22(31-15)17(16)20(27)24(11-4-12-25)18(22)19(26)23-13-5-7-14(29-2)8-6-13/h5-8,15-18,25H,3-4,9-12H2,1-2H3,(H,23,26)/t15-,16+,17+,18-,22+/m0/s1. The van der Waals surface area contributed by atoms with Crippen LogP contribution in [-0.2, 0) is 23.9 Å². The molecular weight excluding hydrogens is 404 g/mol. The number of anilines is 1. The third-order valence-electron chi connectivity index (χ3n) is 6.52. The van der Waals surface area contributed by atoms with E-state index in [1.165, 1.54) is 4.90 Å². The lowest BCUT2D eigenvalue weighted by Crippen LogP contribution is -2.53. The molecular formula is C22H28N2O7. The van der Waals surface area contributed by atoms with E-state index in [1.54, 1.807) is 38.3 Å². The molecule has 9 heteroatoms. The number of benzene rings is 1. The zero-order valence-electron chi connectivity index (χ0n) is 17.7. The number of nitrogens with zero attached hydrogens (tertiary/aromatic N) is 1. The molecule has 2 amide bonds. The number of nitrogens with one attached hydrogen (secondary N) is 1. The van der Waals surface area contributed by atoms with Crippen molar-refractivity contribution in [2.24, 2.45) is 11.8 Å². The van der Waals surface area contributed by atoms with Gasteiger partial charge in [-0.1, -0.05) is 0 Å². The zero-order valence-corrected chi connectivity index (χ0v) is 17.7. The molecule has 0 aliphatic carbocycles. The first-order valence-electron chi connectivity index (χ1n) is 10.7. The van der Waals surface area contributed by atoms with Crippen LogP contribution in [0.25, 0.3) is 0 Å². The molecule has 2 bridgehead atoms. The van der Waals surface area contributed by atoms with Crippen LogP contribution in [0.2, 0.25) is 0 Å². The number of carbonyl (C=O) groups excluding carboxylic acids is 3. The molecule has 0 radical (unpaired) electrons. The summed E-state index contributed by atoms with van der Waals surface area (Å²) < 4.78 is 16.6. The van der Waals surface area contributed by atoms with Crippen LogP contribution in [-0.4, -0.2) is 72.4 Å². The van der Waals surface area contributed by atoms with Gasteiger partial charge in [0.25, 0.3) is 0 Å². The largest absolute Gasteiger partial charge is 0.497 e. The first-order valence-corrected chi connectivity index (χ1v) is 10.7. The minimum Gasteiger partial charge on any atom is -0.497 e. The first-order chi connectivity index (χ1) is 15.0. The number of likely N-dealkylation sites (tertiary alicyclic amines) is 1. The third kappa shape index (κ3) is 3.45. The fourth-order valence-electron chi connectivity index (χ4n) is 5.33. The number of fused-ring (bicyclic) bond motifs is 1. The fourth-order valence-corrected chi connectivity index (χ4v) is 5.33. The van der Waals surface area contributed by atoms with E-state index in [0.717, 1.165) is 0 Å². The molecule has 1 spiro atoms. The van der Waals surface area contributed by atoms with Crippen molar-refractivity contribution in [1.82, 2.24) is 4.90 Å². The number of methoxy groups -OCH3 is 1. The molecule has 168 valence electrons. The Kier molecular flexibility index (Phi) is 5.90. The Morgan fingerprint density at radius 1 is 1.32 bits per heavy atom. The molecule has 31 heavy (non-hydrogen) atoms. The molecule has 1 aromatic rings. The van der Waals surface area contributed by atoms with Crippen LogP contribution in [0.15, 0.2) is 24.3 Å². The van der Waals surface area contributed by atoms with Gasteiger partial charge in [-0.25, -0.2) is 0 Å². The van der Waals surface area contributed by atoms with Gasteiger partial charge in [-0.05, 0) is 50.5 Å². The van der Waals surface area contributed by atoms with Crippen molar-refractivity contribution < 1.29 is 33.7 Å². The number of esters is 1. The van der Waals surface area contributed by atoms with E-state index in [2.05, 4.69) is 5.32 Å². The molecule has 3 aliphatic heterocycles. The van der Waals surface area contributed by atoms with Crippen LogP contribution in [0, 0.1) is 11.8 Å². The predicted octanol–water partition coefficient (Wildman–Crippen LogP) is 0.954. The Morgan fingerprint density at radius 2 is 2.06 bits per heavy atom. The van der Waals surface area contributed by atoms with Gasteiger partial charge in [-0.2, -0.15) is 0 Å². The second-order valence-corrected chi connectivity index (χ2v) is 8.13. The Morgan fingerprint density at radius 3 is 2.71 bits per heavy atom. The van der Waals surface area contributed by atoms with Crippen LogP contribution >= 0.6 is 0 Å². The number of hydrogen-bond donors (Lipinski definition) is 2. The molecule has 3 aliphatic rings. The van der Waals surface area contributed by atoms with Crippen LogP contribution in [0.4, 0.5) is 5.69 Å². The number of hydrogen-bond acceptors (Lipinski definition) is 7. The molecule has 4 rings (SSSR count). The predicted molar refractivity (Wildman–Crippen MR) is 109 cm³/mol. The van der Waals surface area contributed by atoms with Gasteiger partial charge in [-0.15, -0.1) is 0 Å². The van der Waals surface area contributed by atoms with Gasteiger partial charge >= 0.3 is 5.97 Å². The molecule has 5 atom stereocenters. The summed E-state index contributed by atoms with van der Waals surface area (Å²) in [5.74, 6) is -1.92. The van der Waals surface area contributed by atoms with Crippen LogP contribution in [0.3, 0.4) is 0 Å². The number of aliphatic hydroxyl groups is 1. The monoisotopic (exact) mass is 432 g/mol. The quantitative estimate of drug-likeness (QED) is 0.588. The molecule has 9 nitrogen and oxygen atoms in total. The van der Waals surface area contributed by atoms with Crippen molar-refractivity contribution >= 4 is 23.5 Å². The molecule has 3 heterocycles. The van der Waals surface area contributed by atoms with E-state index in [4.69, 9.17) is 14.2 Å². The van der Waals surface area contributed by atoms with E-state index in [1.807, 2.05) is 0 Å². The molecule has 3 saturated heterocycles. The molecule has 0 aromatic heterocycles. The third-order valence-corrected chi connectivity index (χ3v) is 6.52. The van der Waals surface area contributed by atoms with Gasteiger partial charge in [-0.3, -0.25) is 14.4 Å². The van der Waals surface area contributed by atoms with E-state index >= 15 is 0 Å². The SMILES string of the molecule is CCOC(=O)[C@@H]1[C@@H]2CC[C@]3(O2)[C@H](C(=O)Nc2ccc(OC)cc2)N(CCCO)C(=O)[C@@H]13. The second-order valence-electron chi connectivity index (χ2n) is 8.13. The minimum atomic E-state index is -1.06. The highest BCUT2D eigenvalue weighted by Gasteiger charge is 2.74. The highest BCUT2D eigenvalue weighted by Crippen LogP contribution is 2.58. The van der Waals surface area contributed by atoms with Crippen molar-refractivity contribution in [2.75, 3.05) is 32.2 Å². The smallest absolute Gasteiger partial charge is 0.312 e. The normalized spacial score (nSPS) is 30.9. The van der Waals surface area contributed by atoms with Crippen LogP contribution in [0.1, 0.15) is 26.2 Å². The Hall–Kier alpha value is -2.65. The van der Waals surface area contributed by atoms with Crippen LogP contribution in [0.5, 0.6) is 5.75 Å². The van der Waals surface area contributed by atoms with Gasteiger partial charge in [0, 0.05) is 18.8 Å². The Balaban J connectivity index is 1.64. The Bertz CT molecular complexity index is 858.